The van der Waals surface area contributed by atoms with Crippen LogP contribution in [-0.4, -0.2) is 29.2 Å². The Morgan fingerprint density at radius 2 is 1.88 bits per heavy atom. The largest absolute Gasteiger partial charge is 0.497 e. The molecule has 0 aliphatic carbocycles. The normalized spacial score (nSPS) is 11.2. The Labute approximate surface area is 150 Å². The number of ether oxygens (including phenoxy) is 2. The minimum Gasteiger partial charge on any atom is -0.497 e. The molecule has 0 unspecified atom stereocenters. The first-order chi connectivity index (χ1) is 11.9. The zero-order valence-corrected chi connectivity index (χ0v) is 15.4. The van der Waals surface area contributed by atoms with Crippen LogP contribution in [0.15, 0.2) is 28.1 Å². The molecule has 7 nitrogen and oxygen atoms in total. The summed E-state index contributed by atoms with van der Waals surface area (Å²) in [6.45, 7) is 4.20. The maximum absolute atomic E-state index is 6.10. The van der Waals surface area contributed by atoms with E-state index in [-0.39, 0.29) is 11.9 Å². The van der Waals surface area contributed by atoms with E-state index in [1.807, 2.05) is 18.2 Å². The molecule has 132 valence electrons. The lowest BCUT2D eigenvalue weighted by Gasteiger charge is -2.12. The zero-order valence-electron chi connectivity index (χ0n) is 14.6. The number of hydrogen-bond acceptors (Lipinski definition) is 7. The highest BCUT2D eigenvalue weighted by Gasteiger charge is 2.21. The van der Waals surface area contributed by atoms with Gasteiger partial charge in [0.05, 0.1) is 29.5 Å². The van der Waals surface area contributed by atoms with Gasteiger partial charge in [-0.05, 0) is 29.7 Å². The van der Waals surface area contributed by atoms with Crippen LogP contribution in [-0.2, 0) is 0 Å². The second kappa shape index (κ2) is 6.72. The maximum atomic E-state index is 6.10. The lowest BCUT2D eigenvalue weighted by molar-refractivity contribution is 0.394. The lowest BCUT2D eigenvalue weighted by Crippen LogP contribution is -2.01. The SMILES string of the molecule is COc1ccc(OC)c(Sc2[nH]c3nc(N)nc(N)c3c2C(C)C)c1. The van der Waals surface area contributed by atoms with Crippen LogP contribution >= 0.6 is 11.8 Å². The average Bonchev–Trinajstić information content (AvgIpc) is 2.93. The Morgan fingerprint density at radius 1 is 1.12 bits per heavy atom. The molecule has 0 saturated carbocycles. The van der Waals surface area contributed by atoms with Crippen LogP contribution in [0, 0.1) is 0 Å². The third-order valence-corrected chi connectivity index (χ3v) is 4.93. The van der Waals surface area contributed by atoms with Crippen molar-refractivity contribution in [3.8, 4) is 11.5 Å². The summed E-state index contributed by atoms with van der Waals surface area (Å²) < 4.78 is 10.8. The highest BCUT2D eigenvalue weighted by Crippen LogP contribution is 2.43. The van der Waals surface area contributed by atoms with Crippen molar-refractivity contribution < 1.29 is 9.47 Å². The minimum absolute atomic E-state index is 0.150. The first-order valence-electron chi connectivity index (χ1n) is 7.79. The van der Waals surface area contributed by atoms with Gasteiger partial charge < -0.3 is 25.9 Å². The molecule has 2 heterocycles. The van der Waals surface area contributed by atoms with Crippen molar-refractivity contribution in [1.82, 2.24) is 15.0 Å². The van der Waals surface area contributed by atoms with Crippen molar-refractivity contribution >= 4 is 34.6 Å². The summed E-state index contributed by atoms with van der Waals surface area (Å²) in [6, 6.07) is 5.68. The van der Waals surface area contributed by atoms with E-state index in [1.54, 1.807) is 14.2 Å². The van der Waals surface area contributed by atoms with E-state index in [2.05, 4.69) is 28.8 Å². The summed E-state index contributed by atoms with van der Waals surface area (Å²) in [5.74, 6) is 2.28. The van der Waals surface area contributed by atoms with E-state index in [9.17, 15) is 0 Å². The number of anilines is 2. The highest BCUT2D eigenvalue weighted by atomic mass is 32.2. The summed E-state index contributed by atoms with van der Waals surface area (Å²) in [5.41, 5.74) is 13.5. The number of nitrogens with one attached hydrogen (secondary N) is 1. The number of nitrogens with two attached hydrogens (primary N) is 2. The molecular weight excluding hydrogens is 338 g/mol. The predicted octanol–water partition coefficient (Wildman–Crippen LogP) is 3.41. The van der Waals surface area contributed by atoms with E-state index in [0.717, 1.165) is 32.4 Å². The summed E-state index contributed by atoms with van der Waals surface area (Å²) >= 11 is 1.54. The van der Waals surface area contributed by atoms with Gasteiger partial charge in [0, 0.05) is 0 Å². The number of fused-ring (bicyclic) bond motifs is 1. The summed E-state index contributed by atoms with van der Waals surface area (Å²) in [7, 11) is 3.28. The fraction of sp³-hybridized carbons (Fsp3) is 0.294. The van der Waals surface area contributed by atoms with Gasteiger partial charge in [-0.1, -0.05) is 25.6 Å². The Balaban J connectivity index is 2.16. The molecule has 0 aliphatic rings. The zero-order chi connectivity index (χ0) is 18.1. The highest BCUT2D eigenvalue weighted by molar-refractivity contribution is 7.99. The van der Waals surface area contributed by atoms with Crippen LogP contribution in [0.25, 0.3) is 11.0 Å². The van der Waals surface area contributed by atoms with Crippen molar-refractivity contribution in [2.75, 3.05) is 25.7 Å². The van der Waals surface area contributed by atoms with Gasteiger partial charge in [0.1, 0.15) is 23.0 Å². The van der Waals surface area contributed by atoms with Gasteiger partial charge in [-0.15, -0.1) is 0 Å². The number of nitrogen functional groups attached to an aromatic ring is 2. The molecule has 3 aromatic rings. The standard InChI is InChI=1S/C17H21N5O2S/c1-8(2)12-13-14(18)20-17(19)22-15(13)21-16(12)25-11-7-9(23-3)5-6-10(11)24-4/h5-8H,1-4H3,(H5,18,19,20,21,22). The Kier molecular flexibility index (Phi) is 4.63. The second-order valence-electron chi connectivity index (χ2n) is 5.83. The molecule has 1 aromatic carbocycles. The molecule has 0 saturated heterocycles. The number of methoxy groups -OCH3 is 2. The van der Waals surface area contributed by atoms with Crippen molar-refractivity contribution in [2.45, 2.75) is 29.7 Å². The third-order valence-electron chi connectivity index (χ3n) is 3.86. The van der Waals surface area contributed by atoms with Gasteiger partial charge in [0.2, 0.25) is 5.95 Å². The number of aromatic nitrogens is 3. The maximum Gasteiger partial charge on any atom is 0.223 e. The molecule has 8 heteroatoms. The average molecular weight is 359 g/mol. The molecule has 0 radical (unpaired) electrons. The molecule has 0 amide bonds. The van der Waals surface area contributed by atoms with Crippen LogP contribution in [0.5, 0.6) is 11.5 Å². The van der Waals surface area contributed by atoms with E-state index >= 15 is 0 Å². The molecule has 2 aromatic heterocycles. The molecule has 0 fully saturated rings. The van der Waals surface area contributed by atoms with E-state index in [0.29, 0.717) is 11.5 Å². The van der Waals surface area contributed by atoms with Crippen LogP contribution in [0.4, 0.5) is 11.8 Å². The molecular formula is C17H21N5O2S. The second-order valence-corrected chi connectivity index (χ2v) is 6.88. The van der Waals surface area contributed by atoms with E-state index in [4.69, 9.17) is 20.9 Å². The van der Waals surface area contributed by atoms with Gasteiger partial charge in [-0.25, -0.2) is 0 Å². The van der Waals surface area contributed by atoms with Crippen LogP contribution in [0.1, 0.15) is 25.3 Å². The van der Waals surface area contributed by atoms with Gasteiger partial charge in [-0.2, -0.15) is 9.97 Å². The van der Waals surface area contributed by atoms with Gasteiger partial charge in [0.25, 0.3) is 0 Å². The number of hydrogen-bond donors (Lipinski definition) is 3. The molecule has 0 aliphatic heterocycles. The first-order valence-corrected chi connectivity index (χ1v) is 8.60. The summed E-state index contributed by atoms with van der Waals surface area (Å²) in [4.78, 5) is 12.6. The third kappa shape index (κ3) is 3.17. The van der Waals surface area contributed by atoms with Crippen LogP contribution < -0.4 is 20.9 Å². The molecule has 0 bridgehead atoms. The van der Waals surface area contributed by atoms with Crippen molar-refractivity contribution in [2.24, 2.45) is 0 Å². The molecule has 0 spiro atoms. The topological polar surface area (TPSA) is 112 Å². The fourth-order valence-corrected chi connectivity index (χ4v) is 3.99. The van der Waals surface area contributed by atoms with Crippen molar-refractivity contribution in [1.29, 1.82) is 0 Å². The first kappa shape index (κ1) is 17.2. The minimum atomic E-state index is 0.150. The lowest BCUT2D eigenvalue weighted by atomic mass is 10.0. The smallest absolute Gasteiger partial charge is 0.223 e. The molecule has 0 atom stereocenters. The summed E-state index contributed by atoms with van der Waals surface area (Å²) in [5, 5.41) is 1.75. The van der Waals surface area contributed by atoms with Crippen molar-refractivity contribution in [3.63, 3.8) is 0 Å². The van der Waals surface area contributed by atoms with E-state index < -0.39 is 0 Å². The Hall–Kier alpha value is -2.61. The molecule has 3 rings (SSSR count). The monoisotopic (exact) mass is 359 g/mol. The van der Waals surface area contributed by atoms with Gasteiger partial charge >= 0.3 is 0 Å². The number of rotatable bonds is 5. The van der Waals surface area contributed by atoms with Crippen LogP contribution in [0.3, 0.4) is 0 Å². The number of nitrogens with zero attached hydrogens (tertiary/aromatic N) is 2. The summed E-state index contributed by atoms with van der Waals surface area (Å²) in [6.07, 6.45) is 0. The number of H-pyrrole nitrogens is 1. The molecule has 5 N–H and O–H groups in total. The van der Waals surface area contributed by atoms with E-state index in [1.165, 1.54) is 11.8 Å². The number of aromatic amines is 1. The fourth-order valence-electron chi connectivity index (χ4n) is 2.75. The Bertz CT molecular complexity index is 923. The molecule has 25 heavy (non-hydrogen) atoms. The van der Waals surface area contributed by atoms with Crippen molar-refractivity contribution in [3.05, 3.63) is 23.8 Å². The van der Waals surface area contributed by atoms with Crippen LogP contribution in [0.2, 0.25) is 0 Å². The Morgan fingerprint density at radius 3 is 2.52 bits per heavy atom. The van der Waals surface area contributed by atoms with Gasteiger partial charge in [-0.3, -0.25) is 0 Å². The quantitative estimate of drug-likeness (QED) is 0.640. The number of benzene rings is 1. The van der Waals surface area contributed by atoms with Gasteiger partial charge in [0.15, 0.2) is 0 Å². The predicted molar refractivity (Wildman–Crippen MR) is 100 cm³/mol.